The van der Waals surface area contributed by atoms with Crippen LogP contribution in [0, 0.1) is 11.3 Å². The first-order valence-corrected chi connectivity index (χ1v) is 8.48. The number of amides is 3. The summed E-state index contributed by atoms with van der Waals surface area (Å²) in [5, 5.41) is 14.8. The van der Waals surface area contributed by atoms with E-state index in [1.807, 2.05) is 18.2 Å². The third-order valence-corrected chi connectivity index (χ3v) is 4.60. The Morgan fingerprint density at radius 3 is 2.81 bits per heavy atom. The minimum absolute atomic E-state index is 0.0945. The van der Waals surface area contributed by atoms with E-state index in [9.17, 15) is 9.59 Å². The van der Waals surface area contributed by atoms with Crippen LogP contribution in [0.2, 0.25) is 5.02 Å². The molecular formula is C19H17ClN4O2. The summed E-state index contributed by atoms with van der Waals surface area (Å²) in [6.07, 6.45) is 1.14. The zero-order chi connectivity index (χ0) is 18.7. The average molecular weight is 369 g/mol. The highest BCUT2D eigenvalue weighted by Crippen LogP contribution is 2.29. The van der Waals surface area contributed by atoms with E-state index in [-0.39, 0.29) is 11.9 Å². The molecule has 0 atom stereocenters. The molecule has 6 nitrogen and oxygen atoms in total. The highest BCUT2D eigenvalue weighted by atomic mass is 35.5. The van der Waals surface area contributed by atoms with Gasteiger partial charge in [0.2, 0.25) is 5.91 Å². The number of fused-ring (bicyclic) bond motifs is 1. The molecule has 1 heterocycles. The van der Waals surface area contributed by atoms with Gasteiger partial charge in [0.25, 0.3) is 0 Å². The lowest BCUT2D eigenvalue weighted by atomic mass is 10.0. The summed E-state index contributed by atoms with van der Waals surface area (Å²) in [6, 6.07) is 12.2. The molecule has 0 spiro atoms. The second-order valence-corrected chi connectivity index (χ2v) is 6.44. The molecule has 2 aromatic carbocycles. The van der Waals surface area contributed by atoms with Gasteiger partial charge in [-0.2, -0.15) is 5.26 Å². The summed E-state index contributed by atoms with van der Waals surface area (Å²) >= 11 is 5.99. The normalized spacial score (nSPS) is 13.0. The van der Waals surface area contributed by atoms with Gasteiger partial charge in [0.15, 0.2) is 0 Å². The maximum atomic E-state index is 12.1. The number of urea groups is 1. The quantitative estimate of drug-likeness (QED) is 0.870. The molecule has 1 aliphatic rings. The Balaban J connectivity index is 1.61. The predicted octanol–water partition coefficient (Wildman–Crippen LogP) is 3.44. The number of benzene rings is 2. The van der Waals surface area contributed by atoms with E-state index in [1.54, 1.807) is 36.2 Å². The highest BCUT2D eigenvalue weighted by molar-refractivity contribution is 6.31. The number of aryl methyl sites for hydroxylation is 1. The molecule has 132 valence electrons. The number of hydrogen-bond donors (Lipinski definition) is 2. The van der Waals surface area contributed by atoms with Crippen molar-refractivity contribution in [3.63, 3.8) is 0 Å². The van der Waals surface area contributed by atoms with Crippen LogP contribution in [0.3, 0.4) is 0 Å². The van der Waals surface area contributed by atoms with Crippen molar-refractivity contribution >= 4 is 34.9 Å². The Labute approximate surface area is 156 Å². The van der Waals surface area contributed by atoms with Gasteiger partial charge in [0, 0.05) is 31.4 Å². The third kappa shape index (κ3) is 3.79. The summed E-state index contributed by atoms with van der Waals surface area (Å²) in [4.78, 5) is 25.5. The summed E-state index contributed by atoms with van der Waals surface area (Å²) in [6.45, 7) is 0.291. The van der Waals surface area contributed by atoms with Crippen LogP contribution in [0.1, 0.15) is 23.1 Å². The summed E-state index contributed by atoms with van der Waals surface area (Å²) in [7, 11) is 1.75. The molecule has 0 bridgehead atoms. The molecule has 1 aliphatic heterocycles. The van der Waals surface area contributed by atoms with E-state index in [4.69, 9.17) is 16.9 Å². The Kier molecular flexibility index (Phi) is 5.10. The van der Waals surface area contributed by atoms with Crippen LogP contribution in [-0.4, -0.2) is 19.0 Å². The van der Waals surface area contributed by atoms with Crippen LogP contribution in [-0.2, 0) is 17.8 Å². The van der Waals surface area contributed by atoms with Crippen LogP contribution in [0.15, 0.2) is 36.4 Å². The van der Waals surface area contributed by atoms with Gasteiger partial charge in [0.05, 0.1) is 10.6 Å². The fourth-order valence-corrected chi connectivity index (χ4v) is 3.10. The van der Waals surface area contributed by atoms with Crippen molar-refractivity contribution in [2.24, 2.45) is 0 Å². The first kappa shape index (κ1) is 17.8. The van der Waals surface area contributed by atoms with E-state index in [1.165, 1.54) is 0 Å². The molecule has 7 heteroatoms. The van der Waals surface area contributed by atoms with Gasteiger partial charge in [0.1, 0.15) is 6.07 Å². The molecule has 0 aliphatic carbocycles. The van der Waals surface area contributed by atoms with Gasteiger partial charge in [-0.3, -0.25) is 4.79 Å². The van der Waals surface area contributed by atoms with Gasteiger partial charge in [-0.25, -0.2) is 4.79 Å². The lowest BCUT2D eigenvalue weighted by molar-refractivity contribution is -0.118. The Bertz CT molecular complexity index is 920. The first-order valence-electron chi connectivity index (χ1n) is 8.11. The number of nitrogens with one attached hydrogen (secondary N) is 2. The van der Waals surface area contributed by atoms with Crippen LogP contribution in [0.4, 0.5) is 16.2 Å². The number of carbonyl (C=O) groups excluding carboxylic acids is 2. The molecule has 0 radical (unpaired) electrons. The maximum absolute atomic E-state index is 12.1. The number of nitriles is 1. The van der Waals surface area contributed by atoms with Crippen LogP contribution >= 0.6 is 11.6 Å². The summed E-state index contributed by atoms with van der Waals surface area (Å²) < 4.78 is 0. The zero-order valence-corrected chi connectivity index (χ0v) is 14.9. The smallest absolute Gasteiger partial charge is 0.319 e. The molecule has 0 saturated heterocycles. The molecule has 0 saturated carbocycles. The fraction of sp³-hybridized carbons (Fsp3) is 0.211. The fourth-order valence-electron chi connectivity index (χ4n) is 2.85. The average Bonchev–Trinajstić information content (AvgIpc) is 2.63. The Hall–Kier alpha value is -3.04. The molecule has 3 amide bonds. The molecule has 2 N–H and O–H groups in total. The van der Waals surface area contributed by atoms with Crippen molar-refractivity contribution in [1.29, 1.82) is 5.26 Å². The van der Waals surface area contributed by atoms with Gasteiger partial charge < -0.3 is 15.5 Å². The Morgan fingerprint density at radius 2 is 2.08 bits per heavy atom. The van der Waals surface area contributed by atoms with E-state index in [0.29, 0.717) is 35.7 Å². The van der Waals surface area contributed by atoms with Crippen LogP contribution in [0.5, 0.6) is 0 Å². The predicted molar refractivity (Wildman–Crippen MR) is 100 cm³/mol. The number of carbonyl (C=O) groups is 2. The minimum atomic E-state index is -0.342. The zero-order valence-electron chi connectivity index (χ0n) is 14.2. The monoisotopic (exact) mass is 368 g/mol. The molecule has 0 aromatic heterocycles. The lowest BCUT2D eigenvalue weighted by Crippen LogP contribution is -2.31. The van der Waals surface area contributed by atoms with Gasteiger partial charge in [-0.1, -0.05) is 17.7 Å². The first-order chi connectivity index (χ1) is 12.5. The molecule has 0 unspecified atom stereocenters. The van der Waals surface area contributed by atoms with Gasteiger partial charge in [-0.05, 0) is 47.9 Å². The van der Waals surface area contributed by atoms with Crippen molar-refractivity contribution in [2.45, 2.75) is 19.4 Å². The molecule has 3 rings (SSSR count). The highest BCUT2D eigenvalue weighted by Gasteiger charge is 2.20. The number of nitrogens with zero attached hydrogens (tertiary/aromatic N) is 2. The standard InChI is InChI=1S/C19H17ClN4O2/c1-24-17-6-5-15(9-13(17)4-7-18(24)25)23-19(26)22-11-12-2-3-14(10-21)16(20)8-12/h2-3,5-6,8-9H,4,7,11H2,1H3,(H2,22,23,26). The minimum Gasteiger partial charge on any atom is -0.334 e. The molecule has 0 fully saturated rings. The van der Waals surface area contributed by atoms with Crippen molar-refractivity contribution in [3.05, 3.63) is 58.1 Å². The molecular weight excluding hydrogens is 352 g/mol. The van der Waals surface area contributed by atoms with Crippen molar-refractivity contribution in [3.8, 4) is 6.07 Å². The van der Waals surface area contributed by atoms with Crippen molar-refractivity contribution in [1.82, 2.24) is 5.32 Å². The van der Waals surface area contributed by atoms with E-state index in [2.05, 4.69) is 10.6 Å². The second-order valence-electron chi connectivity index (χ2n) is 6.03. The van der Waals surface area contributed by atoms with Crippen molar-refractivity contribution < 1.29 is 9.59 Å². The number of rotatable bonds is 3. The second kappa shape index (κ2) is 7.46. The number of halogens is 1. The van der Waals surface area contributed by atoms with Crippen LogP contribution < -0.4 is 15.5 Å². The summed E-state index contributed by atoms with van der Waals surface area (Å²) in [5.41, 5.74) is 3.78. The van der Waals surface area contributed by atoms with Crippen molar-refractivity contribution in [2.75, 3.05) is 17.3 Å². The SMILES string of the molecule is CN1C(=O)CCc2cc(NC(=O)NCc3ccc(C#N)c(Cl)c3)ccc21. The third-order valence-electron chi connectivity index (χ3n) is 4.29. The van der Waals surface area contributed by atoms with Gasteiger partial charge in [-0.15, -0.1) is 0 Å². The van der Waals surface area contributed by atoms with E-state index in [0.717, 1.165) is 16.8 Å². The van der Waals surface area contributed by atoms with E-state index >= 15 is 0 Å². The number of anilines is 2. The lowest BCUT2D eigenvalue weighted by Gasteiger charge is -2.26. The molecule has 26 heavy (non-hydrogen) atoms. The Morgan fingerprint density at radius 1 is 1.27 bits per heavy atom. The maximum Gasteiger partial charge on any atom is 0.319 e. The number of hydrogen-bond acceptors (Lipinski definition) is 3. The van der Waals surface area contributed by atoms with Crippen LogP contribution in [0.25, 0.3) is 0 Å². The summed E-state index contributed by atoms with van der Waals surface area (Å²) in [5.74, 6) is 0.0945. The topological polar surface area (TPSA) is 85.2 Å². The van der Waals surface area contributed by atoms with E-state index < -0.39 is 0 Å². The molecule has 2 aromatic rings. The van der Waals surface area contributed by atoms with Gasteiger partial charge >= 0.3 is 6.03 Å². The largest absolute Gasteiger partial charge is 0.334 e.